The molecular formula is C10H20O3. The van der Waals surface area contributed by atoms with Gasteiger partial charge in [0.2, 0.25) is 0 Å². The highest BCUT2D eigenvalue weighted by atomic mass is 16.6. The van der Waals surface area contributed by atoms with Crippen LogP contribution in [0.15, 0.2) is 0 Å². The van der Waals surface area contributed by atoms with E-state index < -0.39 is 0 Å². The zero-order valence-electron chi connectivity index (χ0n) is 9.00. The summed E-state index contributed by atoms with van der Waals surface area (Å²) in [5.41, 5.74) is 0. The molecule has 13 heavy (non-hydrogen) atoms. The molecule has 0 N–H and O–H groups in total. The molecule has 0 aliphatic heterocycles. The van der Waals surface area contributed by atoms with Gasteiger partial charge in [0.1, 0.15) is 6.61 Å². The van der Waals surface area contributed by atoms with Gasteiger partial charge in [-0.3, -0.25) is 4.79 Å². The number of hydrogen-bond donors (Lipinski definition) is 0. The Morgan fingerprint density at radius 1 is 1.31 bits per heavy atom. The Morgan fingerprint density at radius 3 is 2.38 bits per heavy atom. The van der Waals surface area contributed by atoms with Crippen LogP contribution < -0.4 is 0 Å². The Morgan fingerprint density at radius 2 is 1.92 bits per heavy atom. The molecule has 0 aromatic heterocycles. The summed E-state index contributed by atoms with van der Waals surface area (Å²) in [5, 5.41) is 0. The maximum atomic E-state index is 11.2. The van der Waals surface area contributed by atoms with E-state index in [9.17, 15) is 4.79 Å². The van der Waals surface area contributed by atoms with Gasteiger partial charge in [0.15, 0.2) is 0 Å². The maximum Gasteiger partial charge on any atom is 0.308 e. The highest BCUT2D eigenvalue weighted by Crippen LogP contribution is 2.04. The molecule has 0 rings (SSSR count). The summed E-state index contributed by atoms with van der Waals surface area (Å²) in [5.74, 6) is -0.136. The normalized spacial score (nSPS) is 15.1. The van der Waals surface area contributed by atoms with E-state index >= 15 is 0 Å². The predicted molar refractivity (Wildman–Crippen MR) is 51.5 cm³/mol. The van der Waals surface area contributed by atoms with E-state index in [-0.39, 0.29) is 18.0 Å². The SMILES string of the molecule is CCOC(C)COC(=O)C(C)CC. The second-order valence-electron chi connectivity index (χ2n) is 3.21. The van der Waals surface area contributed by atoms with Crippen LogP contribution in [0.1, 0.15) is 34.1 Å². The van der Waals surface area contributed by atoms with Crippen molar-refractivity contribution < 1.29 is 14.3 Å². The van der Waals surface area contributed by atoms with Gasteiger partial charge in [-0.05, 0) is 20.3 Å². The van der Waals surface area contributed by atoms with E-state index in [1.807, 2.05) is 27.7 Å². The summed E-state index contributed by atoms with van der Waals surface area (Å²) in [4.78, 5) is 11.2. The summed E-state index contributed by atoms with van der Waals surface area (Å²) in [7, 11) is 0. The van der Waals surface area contributed by atoms with Crippen LogP contribution in [-0.2, 0) is 14.3 Å². The molecule has 0 aromatic rings. The number of esters is 1. The lowest BCUT2D eigenvalue weighted by Crippen LogP contribution is -2.22. The Hall–Kier alpha value is -0.570. The van der Waals surface area contributed by atoms with Crippen LogP contribution in [0.3, 0.4) is 0 Å². The summed E-state index contributed by atoms with van der Waals surface area (Å²) in [6, 6.07) is 0. The molecule has 2 unspecified atom stereocenters. The number of ether oxygens (including phenoxy) is 2. The van der Waals surface area contributed by atoms with E-state index in [0.29, 0.717) is 13.2 Å². The van der Waals surface area contributed by atoms with Gasteiger partial charge in [-0.15, -0.1) is 0 Å². The molecule has 78 valence electrons. The summed E-state index contributed by atoms with van der Waals surface area (Å²) >= 11 is 0. The van der Waals surface area contributed by atoms with Gasteiger partial charge < -0.3 is 9.47 Å². The van der Waals surface area contributed by atoms with Crippen molar-refractivity contribution in [3.05, 3.63) is 0 Å². The third-order valence-corrected chi connectivity index (χ3v) is 1.93. The van der Waals surface area contributed by atoms with Crippen molar-refractivity contribution >= 4 is 5.97 Å². The predicted octanol–water partition coefficient (Wildman–Crippen LogP) is 2.00. The molecule has 0 spiro atoms. The van der Waals surface area contributed by atoms with Crippen molar-refractivity contribution in [2.24, 2.45) is 5.92 Å². The van der Waals surface area contributed by atoms with Crippen molar-refractivity contribution in [2.45, 2.75) is 40.2 Å². The molecule has 0 aliphatic rings. The number of carbonyl (C=O) groups is 1. The van der Waals surface area contributed by atoms with Crippen LogP contribution in [0.2, 0.25) is 0 Å². The minimum absolute atomic E-state index is 0.00185. The van der Waals surface area contributed by atoms with E-state index in [1.54, 1.807) is 0 Å². The first-order valence-corrected chi connectivity index (χ1v) is 4.90. The topological polar surface area (TPSA) is 35.5 Å². The van der Waals surface area contributed by atoms with E-state index in [2.05, 4.69) is 0 Å². The molecule has 0 saturated carbocycles. The Kier molecular flexibility index (Phi) is 6.59. The average Bonchev–Trinajstić information content (AvgIpc) is 2.13. The van der Waals surface area contributed by atoms with Crippen molar-refractivity contribution in [3.8, 4) is 0 Å². The minimum atomic E-state index is -0.131. The molecule has 0 aromatic carbocycles. The highest BCUT2D eigenvalue weighted by molar-refractivity contribution is 5.71. The first kappa shape index (κ1) is 12.4. The fourth-order valence-corrected chi connectivity index (χ4v) is 0.841. The average molecular weight is 188 g/mol. The monoisotopic (exact) mass is 188 g/mol. The zero-order valence-corrected chi connectivity index (χ0v) is 9.00. The fourth-order valence-electron chi connectivity index (χ4n) is 0.841. The minimum Gasteiger partial charge on any atom is -0.463 e. The van der Waals surface area contributed by atoms with E-state index in [0.717, 1.165) is 6.42 Å². The second-order valence-corrected chi connectivity index (χ2v) is 3.21. The molecule has 3 heteroatoms. The van der Waals surface area contributed by atoms with Crippen LogP contribution in [0.25, 0.3) is 0 Å². The molecule has 3 nitrogen and oxygen atoms in total. The molecule has 0 fully saturated rings. The largest absolute Gasteiger partial charge is 0.463 e. The van der Waals surface area contributed by atoms with Crippen LogP contribution in [0.4, 0.5) is 0 Å². The summed E-state index contributed by atoms with van der Waals surface area (Å²) in [6.45, 7) is 8.67. The Balaban J connectivity index is 3.57. The maximum absolute atomic E-state index is 11.2. The second kappa shape index (κ2) is 6.89. The van der Waals surface area contributed by atoms with Gasteiger partial charge in [-0.2, -0.15) is 0 Å². The van der Waals surface area contributed by atoms with Gasteiger partial charge in [-0.1, -0.05) is 13.8 Å². The quantitative estimate of drug-likeness (QED) is 0.598. The molecule has 2 atom stereocenters. The molecular weight excluding hydrogens is 168 g/mol. The van der Waals surface area contributed by atoms with Gasteiger partial charge in [-0.25, -0.2) is 0 Å². The molecule has 0 heterocycles. The lowest BCUT2D eigenvalue weighted by molar-refractivity contribution is -0.151. The number of rotatable bonds is 6. The molecule has 0 amide bonds. The van der Waals surface area contributed by atoms with Crippen LogP contribution in [0.5, 0.6) is 0 Å². The van der Waals surface area contributed by atoms with Crippen molar-refractivity contribution in [1.29, 1.82) is 0 Å². The first-order chi connectivity index (χ1) is 6.11. The lowest BCUT2D eigenvalue weighted by Gasteiger charge is -2.13. The van der Waals surface area contributed by atoms with Crippen molar-refractivity contribution in [3.63, 3.8) is 0 Å². The molecule has 0 bridgehead atoms. The Bertz CT molecular complexity index is 145. The highest BCUT2D eigenvalue weighted by Gasteiger charge is 2.13. The van der Waals surface area contributed by atoms with Gasteiger partial charge in [0.25, 0.3) is 0 Å². The van der Waals surface area contributed by atoms with Gasteiger partial charge in [0.05, 0.1) is 12.0 Å². The van der Waals surface area contributed by atoms with Crippen LogP contribution in [-0.4, -0.2) is 25.3 Å². The van der Waals surface area contributed by atoms with Gasteiger partial charge >= 0.3 is 5.97 Å². The number of carbonyl (C=O) groups excluding carboxylic acids is 1. The third kappa shape index (κ3) is 5.64. The van der Waals surface area contributed by atoms with Gasteiger partial charge in [0, 0.05) is 6.61 Å². The number of hydrogen-bond acceptors (Lipinski definition) is 3. The fraction of sp³-hybridized carbons (Fsp3) is 0.900. The lowest BCUT2D eigenvalue weighted by atomic mass is 10.1. The first-order valence-electron chi connectivity index (χ1n) is 4.90. The molecule has 0 radical (unpaired) electrons. The van der Waals surface area contributed by atoms with Crippen LogP contribution in [0, 0.1) is 5.92 Å². The smallest absolute Gasteiger partial charge is 0.308 e. The van der Waals surface area contributed by atoms with Crippen LogP contribution >= 0.6 is 0 Å². The Labute approximate surface area is 80.4 Å². The summed E-state index contributed by atoms with van der Waals surface area (Å²) in [6.07, 6.45) is 0.819. The molecule has 0 aliphatic carbocycles. The van der Waals surface area contributed by atoms with Crippen molar-refractivity contribution in [2.75, 3.05) is 13.2 Å². The standard InChI is InChI=1S/C10H20O3/c1-5-8(3)10(11)13-7-9(4)12-6-2/h8-9H,5-7H2,1-4H3. The van der Waals surface area contributed by atoms with E-state index in [4.69, 9.17) is 9.47 Å². The van der Waals surface area contributed by atoms with E-state index in [1.165, 1.54) is 0 Å². The zero-order chi connectivity index (χ0) is 10.3. The third-order valence-electron chi connectivity index (χ3n) is 1.93. The molecule has 0 saturated heterocycles. The van der Waals surface area contributed by atoms with Crippen molar-refractivity contribution in [1.82, 2.24) is 0 Å². The summed E-state index contributed by atoms with van der Waals surface area (Å²) < 4.78 is 10.3.